The molecule has 4 unspecified atom stereocenters. The molecule has 2 nitrogen and oxygen atoms in total. The highest BCUT2D eigenvalue weighted by Crippen LogP contribution is 2.37. The summed E-state index contributed by atoms with van der Waals surface area (Å²) in [6, 6.07) is 1.53. The summed E-state index contributed by atoms with van der Waals surface area (Å²) in [5.41, 5.74) is 0.275. The minimum absolute atomic E-state index is 0.275. The summed E-state index contributed by atoms with van der Waals surface area (Å²) in [4.78, 5) is 2.84. The van der Waals surface area contributed by atoms with Gasteiger partial charge in [-0.1, -0.05) is 27.7 Å². The summed E-state index contributed by atoms with van der Waals surface area (Å²) < 4.78 is 0. The van der Waals surface area contributed by atoms with E-state index >= 15 is 0 Å². The largest absolute Gasteiger partial charge is 0.309 e. The van der Waals surface area contributed by atoms with E-state index in [-0.39, 0.29) is 5.54 Å². The number of piperazine rings is 1. The first-order valence-corrected chi connectivity index (χ1v) is 7.82. The maximum Gasteiger partial charge on any atom is 0.0253 e. The first kappa shape index (κ1) is 14.3. The fraction of sp³-hybridized carbons (Fsp3) is 1.00. The van der Waals surface area contributed by atoms with Crippen LogP contribution in [-0.2, 0) is 0 Å². The Hall–Kier alpha value is -0.0800. The van der Waals surface area contributed by atoms with Gasteiger partial charge in [-0.15, -0.1) is 0 Å². The van der Waals surface area contributed by atoms with Crippen LogP contribution in [0.1, 0.15) is 54.4 Å². The number of rotatable bonds is 2. The van der Waals surface area contributed by atoms with Gasteiger partial charge in [-0.25, -0.2) is 0 Å². The smallest absolute Gasteiger partial charge is 0.0253 e. The lowest BCUT2D eigenvalue weighted by molar-refractivity contribution is 0.0172. The van der Waals surface area contributed by atoms with E-state index in [1.807, 2.05) is 0 Å². The zero-order valence-electron chi connectivity index (χ0n) is 13.2. The Morgan fingerprint density at radius 2 is 1.83 bits per heavy atom. The summed E-state index contributed by atoms with van der Waals surface area (Å²) in [5, 5.41) is 3.73. The molecule has 106 valence electrons. The molecule has 2 fully saturated rings. The van der Waals surface area contributed by atoms with E-state index in [9.17, 15) is 0 Å². The predicted molar refractivity (Wildman–Crippen MR) is 78.8 cm³/mol. The molecular weight excluding hydrogens is 220 g/mol. The fourth-order valence-corrected chi connectivity index (χ4v) is 3.92. The van der Waals surface area contributed by atoms with E-state index < -0.39 is 0 Å². The highest BCUT2D eigenvalue weighted by atomic mass is 15.3. The zero-order valence-corrected chi connectivity index (χ0v) is 13.2. The second-order valence-corrected chi connectivity index (χ2v) is 7.73. The Labute approximate surface area is 114 Å². The fourth-order valence-electron chi connectivity index (χ4n) is 3.92. The minimum atomic E-state index is 0.275. The van der Waals surface area contributed by atoms with Gasteiger partial charge in [-0.2, -0.15) is 0 Å². The third kappa shape index (κ3) is 2.75. The molecule has 1 aliphatic carbocycles. The molecule has 1 saturated heterocycles. The molecule has 1 N–H and O–H groups in total. The van der Waals surface area contributed by atoms with Crippen LogP contribution in [0, 0.1) is 17.8 Å². The van der Waals surface area contributed by atoms with Crippen molar-refractivity contribution in [1.82, 2.24) is 10.2 Å². The Morgan fingerprint density at radius 1 is 1.17 bits per heavy atom. The van der Waals surface area contributed by atoms with Crippen molar-refractivity contribution >= 4 is 0 Å². The molecule has 0 bridgehead atoms. The molecule has 18 heavy (non-hydrogen) atoms. The van der Waals surface area contributed by atoms with E-state index in [2.05, 4.69) is 51.8 Å². The zero-order chi connectivity index (χ0) is 13.5. The lowest BCUT2D eigenvalue weighted by Gasteiger charge is -2.50. The van der Waals surface area contributed by atoms with Crippen LogP contribution in [0.2, 0.25) is 0 Å². The molecule has 0 aromatic heterocycles. The Morgan fingerprint density at radius 3 is 2.33 bits per heavy atom. The van der Waals surface area contributed by atoms with E-state index in [1.165, 1.54) is 19.4 Å². The van der Waals surface area contributed by atoms with Crippen molar-refractivity contribution in [3.8, 4) is 0 Å². The van der Waals surface area contributed by atoms with E-state index in [0.717, 1.165) is 36.4 Å². The van der Waals surface area contributed by atoms with E-state index in [1.54, 1.807) is 0 Å². The lowest BCUT2D eigenvalue weighted by Crippen LogP contribution is -2.65. The number of hydrogen-bond donors (Lipinski definition) is 1. The van der Waals surface area contributed by atoms with Crippen molar-refractivity contribution in [2.24, 2.45) is 17.8 Å². The first-order valence-electron chi connectivity index (χ1n) is 7.82. The molecule has 2 aliphatic rings. The molecule has 2 rings (SSSR count). The Balaban J connectivity index is 2.15. The summed E-state index contributed by atoms with van der Waals surface area (Å²) >= 11 is 0. The van der Waals surface area contributed by atoms with Crippen LogP contribution in [0.3, 0.4) is 0 Å². The van der Waals surface area contributed by atoms with Crippen molar-refractivity contribution in [1.29, 1.82) is 0 Å². The lowest BCUT2D eigenvalue weighted by atomic mass is 9.88. The van der Waals surface area contributed by atoms with Gasteiger partial charge in [0.15, 0.2) is 0 Å². The minimum Gasteiger partial charge on any atom is -0.309 e. The predicted octanol–water partition coefficient (Wildman–Crippen LogP) is 3.13. The molecule has 0 amide bonds. The topological polar surface area (TPSA) is 15.3 Å². The Bertz CT molecular complexity index is 285. The number of nitrogens with zero attached hydrogens (tertiary/aromatic N) is 1. The molecule has 0 radical (unpaired) electrons. The quantitative estimate of drug-likeness (QED) is 0.812. The van der Waals surface area contributed by atoms with Gasteiger partial charge in [0.2, 0.25) is 0 Å². The summed E-state index contributed by atoms with van der Waals surface area (Å²) in [5.74, 6) is 2.51. The van der Waals surface area contributed by atoms with Crippen LogP contribution in [0.5, 0.6) is 0 Å². The van der Waals surface area contributed by atoms with Crippen molar-refractivity contribution in [2.75, 3.05) is 13.1 Å². The second kappa shape index (κ2) is 5.13. The normalized spacial score (nSPS) is 41.5. The number of hydrogen-bond acceptors (Lipinski definition) is 2. The van der Waals surface area contributed by atoms with Gasteiger partial charge in [0.1, 0.15) is 0 Å². The summed E-state index contributed by atoms with van der Waals surface area (Å²) in [6.07, 6.45) is 2.82. The van der Waals surface area contributed by atoms with Crippen LogP contribution in [0.25, 0.3) is 0 Å². The van der Waals surface area contributed by atoms with Crippen LogP contribution >= 0.6 is 0 Å². The number of nitrogens with one attached hydrogen (secondary N) is 1. The van der Waals surface area contributed by atoms with Gasteiger partial charge in [-0.05, 0) is 44.4 Å². The van der Waals surface area contributed by atoms with Crippen molar-refractivity contribution in [2.45, 2.75) is 72.0 Å². The van der Waals surface area contributed by atoms with Gasteiger partial charge in [-0.3, -0.25) is 4.90 Å². The van der Waals surface area contributed by atoms with Gasteiger partial charge in [0.25, 0.3) is 0 Å². The molecule has 4 atom stereocenters. The van der Waals surface area contributed by atoms with Gasteiger partial charge >= 0.3 is 0 Å². The monoisotopic (exact) mass is 252 g/mol. The molecule has 1 heterocycles. The molecule has 1 saturated carbocycles. The molecule has 0 spiro atoms. The van der Waals surface area contributed by atoms with Crippen molar-refractivity contribution in [3.63, 3.8) is 0 Å². The highest BCUT2D eigenvalue weighted by Gasteiger charge is 2.42. The first-order chi connectivity index (χ1) is 8.32. The highest BCUT2D eigenvalue weighted by molar-refractivity contribution is 4.99. The maximum absolute atomic E-state index is 3.73. The maximum atomic E-state index is 3.73. The van der Waals surface area contributed by atoms with Crippen molar-refractivity contribution < 1.29 is 0 Å². The molecule has 0 aromatic rings. The Kier molecular flexibility index (Phi) is 4.08. The van der Waals surface area contributed by atoms with Crippen LogP contribution < -0.4 is 5.32 Å². The molecule has 2 heteroatoms. The van der Waals surface area contributed by atoms with Crippen molar-refractivity contribution in [3.05, 3.63) is 0 Å². The third-order valence-electron chi connectivity index (χ3n) is 5.41. The molecular formula is C16H32N2. The van der Waals surface area contributed by atoms with Crippen LogP contribution in [0.15, 0.2) is 0 Å². The third-order valence-corrected chi connectivity index (χ3v) is 5.41. The van der Waals surface area contributed by atoms with Gasteiger partial charge in [0, 0.05) is 30.7 Å². The summed E-state index contributed by atoms with van der Waals surface area (Å²) in [6.45, 7) is 16.7. The average Bonchev–Trinajstić information content (AvgIpc) is 2.58. The van der Waals surface area contributed by atoms with E-state index in [0.29, 0.717) is 0 Å². The molecule has 1 aliphatic heterocycles. The van der Waals surface area contributed by atoms with Gasteiger partial charge < -0.3 is 5.32 Å². The summed E-state index contributed by atoms with van der Waals surface area (Å²) in [7, 11) is 0. The molecule has 0 aromatic carbocycles. The SMILES string of the molecule is CC(C)C1CNC(C)(C)CN1C1CCC(C)C1C. The van der Waals surface area contributed by atoms with Crippen LogP contribution in [-0.4, -0.2) is 35.6 Å². The van der Waals surface area contributed by atoms with Gasteiger partial charge in [0.05, 0.1) is 0 Å². The standard InChI is InChI=1S/C16H32N2/c1-11(2)15-9-17-16(5,6)10-18(15)14-8-7-12(3)13(14)4/h11-15,17H,7-10H2,1-6H3. The average molecular weight is 252 g/mol. The van der Waals surface area contributed by atoms with E-state index in [4.69, 9.17) is 0 Å². The second-order valence-electron chi connectivity index (χ2n) is 7.73. The van der Waals surface area contributed by atoms with Crippen LogP contribution in [0.4, 0.5) is 0 Å².